The minimum Gasteiger partial charge on any atom is -0.465 e. The second kappa shape index (κ2) is 4.32. The molecule has 0 amide bonds. The second-order valence-electron chi connectivity index (χ2n) is 2.66. The molecule has 0 aliphatic rings. The van der Waals surface area contributed by atoms with Gasteiger partial charge in [-0.3, -0.25) is 0 Å². The fourth-order valence-electron chi connectivity index (χ4n) is 1.18. The van der Waals surface area contributed by atoms with Gasteiger partial charge < -0.3 is 15.8 Å². The Morgan fingerprint density at radius 2 is 2.21 bits per heavy atom. The number of ether oxygens (including phenoxy) is 1. The molecule has 0 aromatic heterocycles. The summed E-state index contributed by atoms with van der Waals surface area (Å²) in [5.41, 5.74) is 7.23. The third-order valence-corrected chi connectivity index (χ3v) is 2.25. The highest BCUT2D eigenvalue weighted by molar-refractivity contribution is 9.10. The lowest BCUT2D eigenvalue weighted by Crippen LogP contribution is -2.08. The van der Waals surface area contributed by atoms with E-state index < -0.39 is 5.97 Å². The van der Waals surface area contributed by atoms with Gasteiger partial charge in [-0.2, -0.15) is 0 Å². The van der Waals surface area contributed by atoms with Crippen molar-refractivity contribution in [2.24, 2.45) is 0 Å². The molecule has 4 nitrogen and oxygen atoms in total. The van der Waals surface area contributed by atoms with Crippen molar-refractivity contribution in [3.8, 4) is 0 Å². The van der Waals surface area contributed by atoms with E-state index in [0.717, 1.165) is 4.47 Å². The first-order chi connectivity index (χ1) is 6.60. The number of benzene rings is 1. The van der Waals surface area contributed by atoms with Crippen molar-refractivity contribution in [1.82, 2.24) is 0 Å². The van der Waals surface area contributed by atoms with Gasteiger partial charge in [0, 0.05) is 11.5 Å². The molecule has 0 unspecified atom stereocenters. The van der Waals surface area contributed by atoms with Crippen LogP contribution in [0.25, 0.3) is 0 Å². The standard InChI is InChI=1S/C9H11BrN2O2/c1-12-8-6(9(13)14-2)3-5(10)4-7(8)11/h3-4,12H,11H2,1-2H3. The number of carbonyl (C=O) groups is 1. The molecule has 0 atom stereocenters. The van der Waals surface area contributed by atoms with Crippen LogP contribution in [0.3, 0.4) is 0 Å². The Bertz CT molecular complexity index is 366. The van der Waals surface area contributed by atoms with Gasteiger partial charge in [-0.25, -0.2) is 4.79 Å². The first-order valence-corrected chi connectivity index (χ1v) is 4.74. The van der Waals surface area contributed by atoms with E-state index in [1.165, 1.54) is 7.11 Å². The fourth-order valence-corrected chi connectivity index (χ4v) is 1.65. The number of anilines is 2. The SMILES string of the molecule is CNc1c(N)cc(Br)cc1C(=O)OC. The molecule has 5 heteroatoms. The Balaban J connectivity index is 3.32. The molecule has 0 aliphatic heterocycles. The average Bonchev–Trinajstić information content (AvgIpc) is 2.15. The average molecular weight is 259 g/mol. The molecular weight excluding hydrogens is 248 g/mol. The number of nitrogens with two attached hydrogens (primary N) is 1. The topological polar surface area (TPSA) is 64.3 Å². The van der Waals surface area contributed by atoms with Crippen LogP contribution in [0.2, 0.25) is 0 Å². The van der Waals surface area contributed by atoms with Crippen LogP contribution in [0.1, 0.15) is 10.4 Å². The number of methoxy groups -OCH3 is 1. The predicted molar refractivity (Wildman–Crippen MR) is 59.4 cm³/mol. The minimum atomic E-state index is -0.414. The summed E-state index contributed by atoms with van der Waals surface area (Å²) in [6, 6.07) is 3.38. The third kappa shape index (κ3) is 1.98. The van der Waals surface area contributed by atoms with Gasteiger partial charge in [-0.15, -0.1) is 0 Å². The molecule has 1 rings (SSSR count). The number of halogens is 1. The predicted octanol–water partition coefficient (Wildman–Crippen LogP) is 1.86. The Labute approximate surface area is 90.6 Å². The summed E-state index contributed by atoms with van der Waals surface area (Å²) in [5, 5.41) is 2.86. The Morgan fingerprint density at radius 3 is 2.71 bits per heavy atom. The molecule has 14 heavy (non-hydrogen) atoms. The van der Waals surface area contributed by atoms with Crippen LogP contribution in [-0.2, 0) is 4.74 Å². The molecule has 1 aromatic carbocycles. The van der Waals surface area contributed by atoms with Gasteiger partial charge in [0.1, 0.15) is 0 Å². The third-order valence-electron chi connectivity index (χ3n) is 1.79. The highest BCUT2D eigenvalue weighted by Crippen LogP contribution is 2.28. The Morgan fingerprint density at radius 1 is 1.57 bits per heavy atom. The number of hydrogen-bond acceptors (Lipinski definition) is 4. The molecule has 0 heterocycles. The van der Waals surface area contributed by atoms with Crippen LogP contribution < -0.4 is 11.1 Å². The van der Waals surface area contributed by atoms with E-state index in [1.54, 1.807) is 19.2 Å². The van der Waals surface area contributed by atoms with E-state index in [9.17, 15) is 4.79 Å². The zero-order valence-electron chi connectivity index (χ0n) is 7.93. The van der Waals surface area contributed by atoms with E-state index in [1.807, 2.05) is 0 Å². The highest BCUT2D eigenvalue weighted by Gasteiger charge is 2.14. The van der Waals surface area contributed by atoms with Gasteiger partial charge in [0.05, 0.1) is 24.0 Å². The van der Waals surface area contributed by atoms with Crippen molar-refractivity contribution >= 4 is 33.3 Å². The van der Waals surface area contributed by atoms with Crippen LogP contribution in [0.4, 0.5) is 11.4 Å². The molecule has 0 radical (unpaired) electrons. The van der Waals surface area contributed by atoms with Crippen molar-refractivity contribution in [2.75, 3.05) is 25.2 Å². The van der Waals surface area contributed by atoms with E-state index >= 15 is 0 Å². The molecule has 0 bridgehead atoms. The van der Waals surface area contributed by atoms with E-state index in [4.69, 9.17) is 5.73 Å². The summed E-state index contributed by atoms with van der Waals surface area (Å²) >= 11 is 3.26. The summed E-state index contributed by atoms with van der Waals surface area (Å²) in [4.78, 5) is 11.4. The second-order valence-corrected chi connectivity index (χ2v) is 3.57. The van der Waals surface area contributed by atoms with Crippen molar-refractivity contribution in [2.45, 2.75) is 0 Å². The van der Waals surface area contributed by atoms with Gasteiger partial charge in [0.25, 0.3) is 0 Å². The van der Waals surface area contributed by atoms with Crippen molar-refractivity contribution in [3.63, 3.8) is 0 Å². The minimum absolute atomic E-state index is 0.414. The van der Waals surface area contributed by atoms with Gasteiger partial charge >= 0.3 is 5.97 Å². The van der Waals surface area contributed by atoms with Gasteiger partial charge in [0.2, 0.25) is 0 Å². The van der Waals surface area contributed by atoms with Crippen molar-refractivity contribution < 1.29 is 9.53 Å². The van der Waals surface area contributed by atoms with Crippen LogP contribution in [0.15, 0.2) is 16.6 Å². The summed E-state index contributed by atoms with van der Waals surface area (Å²) in [5.74, 6) is -0.414. The Hall–Kier alpha value is -1.23. The van der Waals surface area contributed by atoms with Crippen LogP contribution in [0.5, 0.6) is 0 Å². The molecule has 1 aromatic rings. The normalized spacial score (nSPS) is 9.64. The number of carbonyl (C=O) groups excluding carboxylic acids is 1. The lowest BCUT2D eigenvalue weighted by molar-refractivity contribution is 0.0602. The van der Waals surface area contributed by atoms with Gasteiger partial charge in [-0.05, 0) is 12.1 Å². The van der Waals surface area contributed by atoms with E-state index in [2.05, 4.69) is 26.0 Å². The molecule has 0 saturated carbocycles. The van der Waals surface area contributed by atoms with Gasteiger partial charge in [0.15, 0.2) is 0 Å². The molecule has 0 saturated heterocycles. The zero-order valence-corrected chi connectivity index (χ0v) is 9.51. The van der Waals surface area contributed by atoms with Gasteiger partial charge in [-0.1, -0.05) is 15.9 Å². The number of nitrogens with one attached hydrogen (secondary N) is 1. The van der Waals surface area contributed by atoms with E-state index in [0.29, 0.717) is 16.9 Å². The first kappa shape index (κ1) is 10.8. The van der Waals surface area contributed by atoms with Crippen molar-refractivity contribution in [1.29, 1.82) is 0 Å². The number of esters is 1. The first-order valence-electron chi connectivity index (χ1n) is 3.95. The smallest absolute Gasteiger partial charge is 0.340 e. The highest BCUT2D eigenvalue weighted by atomic mass is 79.9. The maximum absolute atomic E-state index is 11.4. The van der Waals surface area contributed by atoms with Crippen LogP contribution in [-0.4, -0.2) is 20.1 Å². The quantitative estimate of drug-likeness (QED) is 0.628. The molecule has 0 aliphatic carbocycles. The molecule has 0 fully saturated rings. The zero-order chi connectivity index (χ0) is 10.7. The molecule has 76 valence electrons. The molecule has 3 N–H and O–H groups in total. The van der Waals surface area contributed by atoms with Crippen LogP contribution in [0, 0.1) is 0 Å². The Kier molecular flexibility index (Phi) is 3.35. The summed E-state index contributed by atoms with van der Waals surface area (Å²) in [6.07, 6.45) is 0. The summed E-state index contributed by atoms with van der Waals surface area (Å²) in [7, 11) is 3.03. The maximum atomic E-state index is 11.4. The monoisotopic (exact) mass is 258 g/mol. The summed E-state index contributed by atoms with van der Waals surface area (Å²) in [6.45, 7) is 0. The molecule has 0 spiro atoms. The van der Waals surface area contributed by atoms with Crippen molar-refractivity contribution in [3.05, 3.63) is 22.2 Å². The lowest BCUT2D eigenvalue weighted by Gasteiger charge is -2.10. The van der Waals surface area contributed by atoms with Crippen LogP contribution >= 0.6 is 15.9 Å². The largest absolute Gasteiger partial charge is 0.465 e. The summed E-state index contributed by atoms with van der Waals surface area (Å²) < 4.78 is 5.38. The number of nitrogen functional groups attached to an aromatic ring is 1. The fraction of sp³-hybridized carbons (Fsp3) is 0.222. The number of hydrogen-bond donors (Lipinski definition) is 2. The molecular formula is C9H11BrN2O2. The maximum Gasteiger partial charge on any atom is 0.340 e. The number of rotatable bonds is 2. The lowest BCUT2D eigenvalue weighted by atomic mass is 10.1. The van der Waals surface area contributed by atoms with E-state index in [-0.39, 0.29) is 0 Å².